The summed E-state index contributed by atoms with van der Waals surface area (Å²) in [7, 11) is 0. The fraction of sp³-hybridized carbons (Fsp3) is 0.500. The lowest BCUT2D eigenvalue weighted by atomic mass is 9.64. The Morgan fingerprint density at radius 2 is 1.88 bits per heavy atom. The zero-order valence-corrected chi connectivity index (χ0v) is 15.0. The lowest BCUT2D eigenvalue weighted by Gasteiger charge is -2.55. The molecule has 0 spiro atoms. The average molecular weight is 352 g/mol. The zero-order valence-electron chi connectivity index (χ0n) is 15.0. The summed E-state index contributed by atoms with van der Waals surface area (Å²) in [5, 5.41) is 3.36. The molecule has 26 heavy (non-hydrogen) atoms. The van der Waals surface area contributed by atoms with Gasteiger partial charge in [0.2, 0.25) is 0 Å². The molecular formula is C20H24N4O2. The van der Waals surface area contributed by atoms with Crippen LogP contribution in [0.4, 0.5) is 0 Å². The van der Waals surface area contributed by atoms with E-state index >= 15 is 0 Å². The van der Waals surface area contributed by atoms with E-state index in [-0.39, 0.29) is 17.4 Å². The van der Waals surface area contributed by atoms with Gasteiger partial charge >= 0.3 is 0 Å². The molecule has 0 saturated carbocycles. The Bertz CT molecular complexity index is 802. The third-order valence-corrected chi connectivity index (χ3v) is 6.39. The minimum atomic E-state index is -0.118. The number of nitrogens with one attached hydrogen (secondary N) is 1. The van der Waals surface area contributed by atoms with Crippen molar-refractivity contribution in [1.82, 2.24) is 20.1 Å². The molecule has 4 aliphatic heterocycles. The molecule has 4 bridgehead atoms. The van der Waals surface area contributed by atoms with Gasteiger partial charge in [0.25, 0.3) is 5.91 Å². The van der Waals surface area contributed by atoms with Crippen LogP contribution in [0.1, 0.15) is 21.8 Å². The maximum atomic E-state index is 12.9. The number of hydrogen-bond acceptors (Lipinski definition) is 5. The molecule has 0 radical (unpaired) electrons. The predicted octanol–water partition coefficient (Wildman–Crippen LogP) is 1.28. The summed E-state index contributed by atoms with van der Waals surface area (Å²) in [6.07, 6.45) is 1.34. The lowest BCUT2D eigenvalue weighted by molar-refractivity contribution is 0.0179. The Morgan fingerprint density at radius 3 is 2.50 bits per heavy atom. The van der Waals surface area contributed by atoms with Crippen molar-refractivity contribution < 1.29 is 9.21 Å². The van der Waals surface area contributed by atoms with Gasteiger partial charge in [0.15, 0.2) is 12.1 Å². The van der Waals surface area contributed by atoms with Crippen LogP contribution in [0.25, 0.3) is 0 Å². The van der Waals surface area contributed by atoms with Crippen molar-refractivity contribution in [2.45, 2.75) is 18.4 Å². The molecule has 3 atom stereocenters. The van der Waals surface area contributed by atoms with Crippen LogP contribution in [0.5, 0.6) is 0 Å². The summed E-state index contributed by atoms with van der Waals surface area (Å²) in [4.78, 5) is 22.2. The van der Waals surface area contributed by atoms with E-state index in [1.165, 1.54) is 12.0 Å². The van der Waals surface area contributed by atoms with Gasteiger partial charge in [-0.25, -0.2) is 4.98 Å². The number of benzene rings is 1. The monoisotopic (exact) mass is 352 g/mol. The minimum Gasteiger partial charge on any atom is -0.448 e. The number of oxazole rings is 1. The maximum Gasteiger partial charge on any atom is 0.273 e. The highest BCUT2D eigenvalue weighted by molar-refractivity contribution is 5.93. The van der Waals surface area contributed by atoms with Crippen LogP contribution >= 0.6 is 0 Å². The molecule has 4 aliphatic rings. The largest absolute Gasteiger partial charge is 0.448 e. The van der Waals surface area contributed by atoms with Crippen molar-refractivity contribution >= 4 is 5.91 Å². The topological polar surface area (TPSA) is 61.6 Å². The van der Waals surface area contributed by atoms with Crippen LogP contribution in [0.15, 0.2) is 41.1 Å². The smallest absolute Gasteiger partial charge is 0.273 e. The van der Waals surface area contributed by atoms with Gasteiger partial charge in [0.05, 0.1) is 0 Å². The van der Waals surface area contributed by atoms with Gasteiger partial charge in [-0.1, -0.05) is 30.3 Å². The number of fused-ring (bicyclic) bond motifs is 1. The van der Waals surface area contributed by atoms with Gasteiger partial charge < -0.3 is 19.5 Å². The Balaban J connectivity index is 1.54. The molecule has 6 rings (SSSR count). The molecule has 2 unspecified atom stereocenters. The number of amides is 1. The number of carbonyl (C=O) groups is 1. The number of nitrogens with zero attached hydrogens (tertiary/aromatic N) is 3. The number of aromatic nitrogens is 1. The van der Waals surface area contributed by atoms with Crippen LogP contribution in [0.2, 0.25) is 0 Å². The fourth-order valence-corrected chi connectivity index (χ4v) is 5.30. The quantitative estimate of drug-likeness (QED) is 0.902. The molecule has 0 aliphatic carbocycles. The SMILES string of the molecule is Cc1ocnc1C(=O)N[C@@H]1C2CN3CCN(C2)CC1(c1ccccc1)C3. The van der Waals surface area contributed by atoms with E-state index in [0.29, 0.717) is 17.4 Å². The standard InChI is InChI=1S/C20H24N4O2/c1-14-17(21-13-26-14)19(25)22-18-15-9-23-7-8-24(10-15)12-20(18,11-23)16-5-3-2-4-6-16/h2-6,13,15,18H,7-12H2,1H3,(H,22,25)/t15?,18-,20?/m1/s1. The van der Waals surface area contributed by atoms with E-state index in [1.807, 2.05) is 0 Å². The summed E-state index contributed by atoms with van der Waals surface area (Å²) in [5.41, 5.74) is 1.65. The molecular weight excluding hydrogens is 328 g/mol. The zero-order chi connectivity index (χ0) is 17.7. The summed E-state index contributed by atoms with van der Waals surface area (Å²) < 4.78 is 5.23. The van der Waals surface area contributed by atoms with E-state index in [1.54, 1.807) is 6.92 Å². The van der Waals surface area contributed by atoms with E-state index < -0.39 is 0 Å². The number of carbonyl (C=O) groups excluding carboxylic acids is 1. The highest BCUT2D eigenvalue weighted by Crippen LogP contribution is 2.43. The van der Waals surface area contributed by atoms with E-state index in [9.17, 15) is 4.79 Å². The summed E-state index contributed by atoms with van der Waals surface area (Å²) >= 11 is 0. The van der Waals surface area contributed by atoms with E-state index in [0.717, 1.165) is 39.3 Å². The predicted molar refractivity (Wildman–Crippen MR) is 97.0 cm³/mol. The summed E-state index contributed by atoms with van der Waals surface area (Å²) in [6, 6.07) is 10.8. The van der Waals surface area contributed by atoms with Crippen molar-refractivity contribution in [3.05, 3.63) is 53.7 Å². The first-order chi connectivity index (χ1) is 12.7. The van der Waals surface area contributed by atoms with Crippen molar-refractivity contribution in [2.24, 2.45) is 5.92 Å². The molecule has 2 aromatic rings. The summed E-state index contributed by atoms with van der Waals surface area (Å²) in [5.74, 6) is 0.883. The number of piperidine rings is 2. The fourth-order valence-electron chi connectivity index (χ4n) is 5.30. The molecule has 1 aromatic carbocycles. The number of aryl methyl sites for hydroxylation is 1. The van der Waals surface area contributed by atoms with Gasteiger partial charge in [0, 0.05) is 56.6 Å². The Hall–Kier alpha value is -2.18. The second kappa shape index (κ2) is 5.93. The number of rotatable bonds is 3. The maximum absolute atomic E-state index is 12.9. The van der Waals surface area contributed by atoms with Gasteiger partial charge in [-0.3, -0.25) is 4.79 Å². The van der Waals surface area contributed by atoms with Crippen molar-refractivity contribution in [3.8, 4) is 0 Å². The average Bonchev–Trinajstić information content (AvgIpc) is 2.92. The van der Waals surface area contributed by atoms with E-state index in [2.05, 4.69) is 50.4 Å². The Kier molecular flexibility index (Phi) is 3.65. The lowest BCUT2D eigenvalue weighted by Crippen LogP contribution is -2.70. The van der Waals surface area contributed by atoms with Crippen LogP contribution in [0, 0.1) is 12.8 Å². The third kappa shape index (κ3) is 2.40. The molecule has 1 amide bonds. The molecule has 5 heterocycles. The third-order valence-electron chi connectivity index (χ3n) is 6.39. The molecule has 4 saturated heterocycles. The minimum absolute atomic E-state index is 0.0772. The van der Waals surface area contributed by atoms with Crippen LogP contribution in [-0.4, -0.2) is 66.0 Å². The number of hydrogen-bond donors (Lipinski definition) is 1. The first-order valence-corrected chi connectivity index (χ1v) is 9.37. The van der Waals surface area contributed by atoms with Crippen molar-refractivity contribution in [3.63, 3.8) is 0 Å². The highest BCUT2D eigenvalue weighted by Gasteiger charge is 2.55. The second-order valence-electron chi connectivity index (χ2n) is 7.96. The summed E-state index contributed by atoms with van der Waals surface area (Å²) in [6.45, 7) is 8.11. The van der Waals surface area contributed by atoms with E-state index in [4.69, 9.17) is 4.42 Å². The van der Waals surface area contributed by atoms with Crippen LogP contribution in [-0.2, 0) is 5.41 Å². The first-order valence-electron chi connectivity index (χ1n) is 9.37. The normalized spacial score (nSPS) is 35.3. The molecule has 4 fully saturated rings. The van der Waals surface area contributed by atoms with Gasteiger partial charge in [0.1, 0.15) is 5.76 Å². The van der Waals surface area contributed by atoms with Crippen molar-refractivity contribution in [1.29, 1.82) is 0 Å². The molecule has 1 N–H and O–H groups in total. The molecule has 136 valence electrons. The van der Waals surface area contributed by atoms with Gasteiger partial charge in [-0.2, -0.15) is 0 Å². The van der Waals surface area contributed by atoms with Crippen LogP contribution in [0.3, 0.4) is 0 Å². The highest BCUT2D eigenvalue weighted by atomic mass is 16.3. The van der Waals surface area contributed by atoms with Crippen LogP contribution < -0.4 is 5.32 Å². The Labute approximate surface area is 153 Å². The Morgan fingerprint density at radius 1 is 1.19 bits per heavy atom. The first kappa shape index (κ1) is 16.0. The molecule has 1 aromatic heterocycles. The molecule has 6 nitrogen and oxygen atoms in total. The van der Waals surface area contributed by atoms with Gasteiger partial charge in [-0.15, -0.1) is 0 Å². The molecule has 6 heteroatoms. The van der Waals surface area contributed by atoms with Crippen molar-refractivity contribution in [2.75, 3.05) is 39.3 Å². The van der Waals surface area contributed by atoms with Gasteiger partial charge in [-0.05, 0) is 12.5 Å². The second-order valence-corrected chi connectivity index (χ2v) is 7.96.